The Balaban J connectivity index is 1.92. The van der Waals surface area contributed by atoms with Crippen molar-refractivity contribution in [3.8, 4) is 0 Å². The molecule has 1 aliphatic heterocycles. The molecule has 2 fully saturated rings. The van der Waals surface area contributed by atoms with E-state index in [-0.39, 0.29) is 0 Å². The highest BCUT2D eigenvalue weighted by Crippen LogP contribution is 2.37. The van der Waals surface area contributed by atoms with Gasteiger partial charge in [-0.3, -0.25) is 4.90 Å². The van der Waals surface area contributed by atoms with E-state index >= 15 is 0 Å². The van der Waals surface area contributed by atoms with Crippen LogP contribution >= 0.6 is 0 Å². The molecule has 106 valence electrons. The zero-order valence-corrected chi connectivity index (χ0v) is 12.3. The van der Waals surface area contributed by atoms with Gasteiger partial charge in [-0.05, 0) is 31.7 Å². The van der Waals surface area contributed by atoms with E-state index in [4.69, 9.17) is 4.74 Å². The molecule has 1 saturated carbocycles. The number of hydrogen-bond donors (Lipinski definition) is 1. The Morgan fingerprint density at radius 2 is 2.00 bits per heavy atom. The van der Waals surface area contributed by atoms with Crippen molar-refractivity contribution in [2.75, 3.05) is 26.8 Å². The first kappa shape index (κ1) is 14.3. The van der Waals surface area contributed by atoms with Gasteiger partial charge < -0.3 is 10.1 Å². The van der Waals surface area contributed by atoms with Crippen molar-refractivity contribution >= 4 is 0 Å². The molecule has 1 N–H and O–H groups in total. The zero-order chi connectivity index (χ0) is 13.0. The molecular weight excluding hydrogens is 224 g/mol. The van der Waals surface area contributed by atoms with Crippen molar-refractivity contribution in [2.24, 2.45) is 5.92 Å². The highest BCUT2D eigenvalue weighted by Gasteiger charge is 2.38. The Labute approximate surface area is 112 Å². The van der Waals surface area contributed by atoms with Crippen LogP contribution in [0, 0.1) is 5.92 Å². The number of fused-ring (bicyclic) bond motifs is 1. The van der Waals surface area contributed by atoms with Crippen LogP contribution in [0.25, 0.3) is 0 Å². The topological polar surface area (TPSA) is 24.5 Å². The summed E-state index contributed by atoms with van der Waals surface area (Å²) in [7, 11) is 1.83. The van der Waals surface area contributed by atoms with Crippen LogP contribution in [0.4, 0.5) is 0 Å². The van der Waals surface area contributed by atoms with Crippen LogP contribution in [0.15, 0.2) is 0 Å². The molecule has 0 aromatic rings. The maximum Gasteiger partial charge on any atom is 0.0630 e. The van der Waals surface area contributed by atoms with Crippen molar-refractivity contribution in [1.29, 1.82) is 0 Å². The van der Waals surface area contributed by atoms with E-state index in [0.29, 0.717) is 12.1 Å². The fraction of sp³-hybridized carbons (Fsp3) is 1.00. The largest absolute Gasteiger partial charge is 0.383 e. The molecule has 0 aromatic carbocycles. The summed E-state index contributed by atoms with van der Waals surface area (Å²) >= 11 is 0. The maximum atomic E-state index is 5.45. The number of ether oxygens (including phenoxy) is 1. The quantitative estimate of drug-likeness (QED) is 0.787. The number of nitrogens with one attached hydrogen (secondary N) is 1. The first-order chi connectivity index (χ1) is 8.72. The molecule has 3 unspecified atom stereocenters. The molecule has 0 aromatic heterocycles. The first-order valence-electron chi connectivity index (χ1n) is 7.70. The van der Waals surface area contributed by atoms with Gasteiger partial charge >= 0.3 is 0 Å². The predicted octanol–water partition coefficient (Wildman–Crippen LogP) is 2.26. The molecule has 3 nitrogen and oxygen atoms in total. The Kier molecular flexibility index (Phi) is 5.46. The highest BCUT2D eigenvalue weighted by molar-refractivity contribution is 4.93. The fourth-order valence-corrected chi connectivity index (χ4v) is 3.73. The summed E-state index contributed by atoms with van der Waals surface area (Å²) in [5.41, 5.74) is 0. The Bertz CT molecular complexity index is 245. The summed E-state index contributed by atoms with van der Waals surface area (Å²) in [6, 6.07) is 1.97. The van der Waals surface area contributed by atoms with Gasteiger partial charge in [-0.15, -0.1) is 0 Å². The summed E-state index contributed by atoms with van der Waals surface area (Å²) < 4.78 is 5.45. The SMILES string of the molecule is COCC(CNC(C)C)N1CCC2CCCCC21. The number of methoxy groups -OCH3 is 1. The molecule has 18 heavy (non-hydrogen) atoms. The van der Waals surface area contributed by atoms with Crippen molar-refractivity contribution < 1.29 is 4.74 Å². The van der Waals surface area contributed by atoms with Crippen molar-refractivity contribution in [3.05, 3.63) is 0 Å². The van der Waals surface area contributed by atoms with E-state index < -0.39 is 0 Å². The third kappa shape index (κ3) is 3.46. The number of rotatable bonds is 6. The maximum absolute atomic E-state index is 5.45. The third-order valence-corrected chi connectivity index (χ3v) is 4.64. The first-order valence-corrected chi connectivity index (χ1v) is 7.70. The normalized spacial score (nSPS) is 30.7. The van der Waals surface area contributed by atoms with Gasteiger partial charge in [0.2, 0.25) is 0 Å². The summed E-state index contributed by atoms with van der Waals surface area (Å²) in [5.74, 6) is 0.970. The van der Waals surface area contributed by atoms with Crippen LogP contribution in [0.3, 0.4) is 0 Å². The van der Waals surface area contributed by atoms with Gasteiger partial charge in [-0.2, -0.15) is 0 Å². The molecule has 3 atom stereocenters. The van der Waals surface area contributed by atoms with E-state index in [1.807, 2.05) is 7.11 Å². The Hall–Kier alpha value is -0.120. The monoisotopic (exact) mass is 254 g/mol. The number of hydrogen-bond acceptors (Lipinski definition) is 3. The number of nitrogens with zero attached hydrogens (tertiary/aromatic N) is 1. The van der Waals surface area contributed by atoms with Gasteiger partial charge in [0.15, 0.2) is 0 Å². The highest BCUT2D eigenvalue weighted by atomic mass is 16.5. The zero-order valence-electron chi connectivity index (χ0n) is 12.3. The standard InChI is InChI=1S/C15H30N2O/c1-12(2)16-10-14(11-18-3)17-9-8-13-6-4-5-7-15(13)17/h12-16H,4-11H2,1-3H3. The van der Waals surface area contributed by atoms with Crippen LogP contribution in [-0.2, 0) is 4.74 Å². The van der Waals surface area contributed by atoms with Gasteiger partial charge in [0.05, 0.1) is 6.61 Å². The minimum Gasteiger partial charge on any atom is -0.383 e. The third-order valence-electron chi connectivity index (χ3n) is 4.64. The van der Waals surface area contributed by atoms with E-state index in [0.717, 1.165) is 25.1 Å². The Morgan fingerprint density at radius 3 is 2.72 bits per heavy atom. The lowest BCUT2D eigenvalue weighted by atomic mass is 9.85. The lowest BCUT2D eigenvalue weighted by molar-refractivity contribution is 0.0633. The average molecular weight is 254 g/mol. The van der Waals surface area contributed by atoms with Gasteiger partial charge in [-0.25, -0.2) is 0 Å². The molecule has 2 aliphatic rings. The average Bonchev–Trinajstić information content (AvgIpc) is 2.78. The molecule has 1 saturated heterocycles. The fourth-order valence-electron chi connectivity index (χ4n) is 3.73. The van der Waals surface area contributed by atoms with Crippen LogP contribution in [0.5, 0.6) is 0 Å². The smallest absolute Gasteiger partial charge is 0.0630 e. The summed E-state index contributed by atoms with van der Waals surface area (Å²) in [6.45, 7) is 7.65. The van der Waals surface area contributed by atoms with E-state index in [2.05, 4.69) is 24.1 Å². The van der Waals surface area contributed by atoms with Crippen molar-refractivity contribution in [3.63, 3.8) is 0 Å². The van der Waals surface area contributed by atoms with Crippen molar-refractivity contribution in [2.45, 2.75) is 64.1 Å². The van der Waals surface area contributed by atoms with Crippen LogP contribution in [-0.4, -0.2) is 49.8 Å². The molecule has 0 radical (unpaired) electrons. The van der Waals surface area contributed by atoms with Crippen LogP contribution in [0.1, 0.15) is 46.0 Å². The summed E-state index contributed by atoms with van der Waals surface area (Å²) in [5, 5.41) is 3.58. The lowest BCUT2D eigenvalue weighted by Gasteiger charge is -2.37. The molecule has 1 heterocycles. The number of likely N-dealkylation sites (tertiary alicyclic amines) is 1. The van der Waals surface area contributed by atoms with Crippen LogP contribution in [0.2, 0.25) is 0 Å². The summed E-state index contributed by atoms with van der Waals surface area (Å²) in [6.07, 6.45) is 7.15. The molecule has 0 spiro atoms. The molecule has 0 bridgehead atoms. The van der Waals surface area contributed by atoms with E-state index in [1.165, 1.54) is 38.6 Å². The molecule has 0 amide bonds. The molecule has 2 rings (SSSR count). The Morgan fingerprint density at radius 1 is 1.22 bits per heavy atom. The van der Waals surface area contributed by atoms with E-state index in [1.54, 1.807) is 0 Å². The van der Waals surface area contributed by atoms with E-state index in [9.17, 15) is 0 Å². The van der Waals surface area contributed by atoms with Gasteiger partial charge in [-0.1, -0.05) is 26.7 Å². The molecular formula is C15H30N2O. The predicted molar refractivity (Wildman–Crippen MR) is 75.9 cm³/mol. The van der Waals surface area contributed by atoms with Gasteiger partial charge in [0, 0.05) is 31.8 Å². The molecule has 1 aliphatic carbocycles. The van der Waals surface area contributed by atoms with Gasteiger partial charge in [0.25, 0.3) is 0 Å². The second-order valence-corrected chi connectivity index (χ2v) is 6.31. The second-order valence-electron chi connectivity index (χ2n) is 6.31. The molecule has 3 heteroatoms. The minimum atomic E-state index is 0.561. The second kappa shape index (κ2) is 6.88. The van der Waals surface area contributed by atoms with Crippen molar-refractivity contribution in [1.82, 2.24) is 10.2 Å². The van der Waals surface area contributed by atoms with Crippen LogP contribution < -0.4 is 5.32 Å². The van der Waals surface area contributed by atoms with Gasteiger partial charge in [0.1, 0.15) is 0 Å². The summed E-state index contributed by atoms with van der Waals surface area (Å²) in [4.78, 5) is 2.74. The minimum absolute atomic E-state index is 0.561. The lowest BCUT2D eigenvalue weighted by Crippen LogP contribution is -2.50.